The molecule has 150 valence electrons. The highest BCUT2D eigenvalue weighted by molar-refractivity contribution is 5.90. The normalized spacial score (nSPS) is 15.9. The molecular formula is C25H21NO4. The standard InChI is InChI=1S/C25H21NO4/c27-24(26-17-14-15-17)23(16-8-2-1-3-9-16)30-25(28)22-18-10-4-6-12-20(18)29-21-13-7-5-11-19(21)22/h1-13,17,22-23H,14-15H2,(H,26,27)/t23-/m0/s1. The molecule has 1 amide bonds. The van der Waals surface area contributed by atoms with Crippen molar-refractivity contribution in [1.82, 2.24) is 5.32 Å². The minimum atomic E-state index is -0.999. The lowest BCUT2D eigenvalue weighted by molar-refractivity contribution is -0.157. The van der Waals surface area contributed by atoms with E-state index in [0.717, 1.165) is 24.0 Å². The number of benzene rings is 3. The first-order valence-corrected chi connectivity index (χ1v) is 10.1. The fourth-order valence-electron chi connectivity index (χ4n) is 3.75. The summed E-state index contributed by atoms with van der Waals surface area (Å²) in [5.74, 6) is -0.177. The fraction of sp³-hybridized carbons (Fsp3) is 0.200. The van der Waals surface area contributed by atoms with Crippen molar-refractivity contribution in [3.63, 3.8) is 0 Å². The number of nitrogens with one attached hydrogen (secondary N) is 1. The molecule has 5 heteroatoms. The van der Waals surface area contributed by atoms with Gasteiger partial charge >= 0.3 is 5.97 Å². The van der Waals surface area contributed by atoms with E-state index in [4.69, 9.17) is 9.47 Å². The molecule has 0 aromatic heterocycles. The molecule has 2 aliphatic rings. The van der Waals surface area contributed by atoms with Crippen LogP contribution in [0, 0.1) is 0 Å². The Hall–Kier alpha value is -3.60. The second-order valence-electron chi connectivity index (χ2n) is 7.62. The lowest BCUT2D eigenvalue weighted by Crippen LogP contribution is -2.35. The van der Waals surface area contributed by atoms with Gasteiger partial charge in [0.05, 0.1) is 0 Å². The zero-order valence-corrected chi connectivity index (χ0v) is 16.3. The van der Waals surface area contributed by atoms with Crippen molar-refractivity contribution in [1.29, 1.82) is 0 Å². The summed E-state index contributed by atoms with van der Waals surface area (Å²) in [5, 5.41) is 2.96. The Morgan fingerprint density at radius 2 is 1.40 bits per heavy atom. The lowest BCUT2D eigenvalue weighted by Gasteiger charge is -2.28. The summed E-state index contributed by atoms with van der Waals surface area (Å²) in [4.78, 5) is 26.3. The number of rotatable bonds is 5. The summed E-state index contributed by atoms with van der Waals surface area (Å²) in [6.45, 7) is 0. The van der Waals surface area contributed by atoms with Gasteiger partial charge in [-0.15, -0.1) is 0 Å². The number of amides is 1. The van der Waals surface area contributed by atoms with Crippen LogP contribution in [0.3, 0.4) is 0 Å². The van der Waals surface area contributed by atoms with E-state index in [1.54, 1.807) is 12.1 Å². The number of esters is 1. The molecule has 3 aromatic carbocycles. The summed E-state index contributed by atoms with van der Waals surface area (Å²) in [7, 11) is 0. The quantitative estimate of drug-likeness (QED) is 0.642. The van der Waals surface area contributed by atoms with Crippen LogP contribution in [0.5, 0.6) is 11.5 Å². The Labute approximate surface area is 174 Å². The van der Waals surface area contributed by atoms with Gasteiger partial charge in [0, 0.05) is 22.7 Å². The predicted octanol–water partition coefficient (Wildman–Crippen LogP) is 4.49. The predicted molar refractivity (Wildman–Crippen MR) is 111 cm³/mol. The van der Waals surface area contributed by atoms with Crippen LogP contribution in [0.2, 0.25) is 0 Å². The molecule has 1 saturated carbocycles. The van der Waals surface area contributed by atoms with E-state index in [-0.39, 0.29) is 11.9 Å². The number of para-hydroxylation sites is 2. The van der Waals surface area contributed by atoms with E-state index in [0.29, 0.717) is 17.1 Å². The summed E-state index contributed by atoms with van der Waals surface area (Å²) in [5.41, 5.74) is 2.11. The first-order chi connectivity index (χ1) is 14.7. The van der Waals surface area contributed by atoms with Gasteiger partial charge in [-0.05, 0) is 25.0 Å². The molecule has 1 aliphatic carbocycles. The van der Waals surface area contributed by atoms with Crippen LogP contribution in [0.15, 0.2) is 78.9 Å². The molecule has 0 radical (unpaired) electrons. The highest BCUT2D eigenvalue weighted by Crippen LogP contribution is 2.45. The zero-order chi connectivity index (χ0) is 20.5. The zero-order valence-electron chi connectivity index (χ0n) is 16.3. The monoisotopic (exact) mass is 399 g/mol. The van der Waals surface area contributed by atoms with Gasteiger partial charge in [0.2, 0.25) is 6.10 Å². The molecule has 1 heterocycles. The van der Waals surface area contributed by atoms with Crippen molar-refractivity contribution in [2.24, 2.45) is 0 Å². The topological polar surface area (TPSA) is 64.6 Å². The molecule has 0 saturated heterocycles. The molecule has 1 fully saturated rings. The van der Waals surface area contributed by atoms with Crippen LogP contribution < -0.4 is 10.1 Å². The summed E-state index contributed by atoms with van der Waals surface area (Å²) in [6.07, 6.45) is 0.922. The lowest BCUT2D eigenvalue weighted by atomic mass is 9.88. The maximum atomic E-state index is 13.5. The first-order valence-electron chi connectivity index (χ1n) is 10.1. The minimum absolute atomic E-state index is 0.173. The molecule has 30 heavy (non-hydrogen) atoms. The molecule has 0 spiro atoms. The van der Waals surface area contributed by atoms with Gasteiger partial charge in [-0.2, -0.15) is 0 Å². The van der Waals surface area contributed by atoms with Crippen LogP contribution in [-0.2, 0) is 14.3 Å². The van der Waals surface area contributed by atoms with Gasteiger partial charge in [-0.25, -0.2) is 0 Å². The van der Waals surface area contributed by atoms with Crippen molar-refractivity contribution < 1.29 is 19.1 Å². The maximum absolute atomic E-state index is 13.5. The van der Waals surface area contributed by atoms with Gasteiger partial charge < -0.3 is 14.8 Å². The van der Waals surface area contributed by atoms with Crippen molar-refractivity contribution in [2.75, 3.05) is 0 Å². The highest BCUT2D eigenvalue weighted by Gasteiger charge is 2.37. The van der Waals surface area contributed by atoms with Gasteiger partial charge in [0.25, 0.3) is 5.91 Å². The minimum Gasteiger partial charge on any atom is -0.457 e. The third-order valence-corrected chi connectivity index (χ3v) is 5.41. The Balaban J connectivity index is 1.49. The molecule has 0 unspecified atom stereocenters. The molecule has 5 rings (SSSR count). The number of fused-ring (bicyclic) bond motifs is 2. The molecular weight excluding hydrogens is 378 g/mol. The van der Waals surface area contributed by atoms with Crippen LogP contribution >= 0.6 is 0 Å². The second kappa shape index (κ2) is 7.67. The van der Waals surface area contributed by atoms with E-state index in [1.807, 2.05) is 66.7 Å². The van der Waals surface area contributed by atoms with Gasteiger partial charge in [0.1, 0.15) is 17.4 Å². The van der Waals surface area contributed by atoms with E-state index in [1.165, 1.54) is 0 Å². The Bertz CT molecular complexity index is 1050. The number of carbonyl (C=O) groups excluding carboxylic acids is 2. The fourth-order valence-corrected chi connectivity index (χ4v) is 3.75. The largest absolute Gasteiger partial charge is 0.457 e. The molecule has 5 nitrogen and oxygen atoms in total. The number of carbonyl (C=O) groups is 2. The maximum Gasteiger partial charge on any atom is 0.319 e. The third kappa shape index (κ3) is 3.54. The SMILES string of the molecule is O=C(O[C@H](C(=O)NC1CC1)c1ccccc1)C1c2ccccc2Oc2ccccc21. The van der Waals surface area contributed by atoms with Crippen LogP contribution in [0.25, 0.3) is 0 Å². The Kier molecular flexibility index (Phi) is 4.71. The molecule has 0 bridgehead atoms. The van der Waals surface area contributed by atoms with Crippen molar-refractivity contribution in [3.8, 4) is 11.5 Å². The van der Waals surface area contributed by atoms with Crippen molar-refractivity contribution in [2.45, 2.75) is 30.9 Å². The molecule has 3 aromatic rings. The average Bonchev–Trinajstić information content (AvgIpc) is 3.60. The van der Waals surface area contributed by atoms with E-state index in [9.17, 15) is 9.59 Å². The van der Waals surface area contributed by atoms with Crippen LogP contribution in [0.1, 0.15) is 41.6 Å². The summed E-state index contributed by atoms with van der Waals surface area (Å²) >= 11 is 0. The van der Waals surface area contributed by atoms with Gasteiger partial charge in [-0.1, -0.05) is 66.7 Å². The Morgan fingerprint density at radius 3 is 2.00 bits per heavy atom. The van der Waals surface area contributed by atoms with E-state index in [2.05, 4.69) is 5.32 Å². The highest BCUT2D eigenvalue weighted by atomic mass is 16.5. The number of ether oxygens (including phenoxy) is 2. The molecule has 1 N–H and O–H groups in total. The molecule has 1 aliphatic heterocycles. The van der Waals surface area contributed by atoms with Crippen LogP contribution in [-0.4, -0.2) is 17.9 Å². The van der Waals surface area contributed by atoms with E-state index < -0.39 is 18.0 Å². The van der Waals surface area contributed by atoms with E-state index >= 15 is 0 Å². The summed E-state index contributed by atoms with van der Waals surface area (Å²) < 4.78 is 11.8. The van der Waals surface area contributed by atoms with Crippen molar-refractivity contribution in [3.05, 3.63) is 95.6 Å². The number of hydrogen-bond donors (Lipinski definition) is 1. The van der Waals surface area contributed by atoms with Gasteiger partial charge in [0.15, 0.2) is 0 Å². The first kappa shape index (κ1) is 18.4. The Morgan fingerprint density at radius 1 is 0.833 bits per heavy atom. The number of hydrogen-bond acceptors (Lipinski definition) is 4. The third-order valence-electron chi connectivity index (χ3n) is 5.41. The average molecular weight is 399 g/mol. The second-order valence-corrected chi connectivity index (χ2v) is 7.62. The van der Waals surface area contributed by atoms with Gasteiger partial charge in [-0.3, -0.25) is 9.59 Å². The smallest absolute Gasteiger partial charge is 0.319 e. The van der Waals surface area contributed by atoms with Crippen LogP contribution in [0.4, 0.5) is 0 Å². The summed E-state index contributed by atoms with van der Waals surface area (Å²) in [6, 6.07) is 24.2. The molecule has 1 atom stereocenters. The van der Waals surface area contributed by atoms with Crippen molar-refractivity contribution >= 4 is 11.9 Å².